The van der Waals surface area contributed by atoms with Gasteiger partial charge in [-0.1, -0.05) is 74.1 Å². The third kappa shape index (κ3) is 5.52. The van der Waals surface area contributed by atoms with E-state index >= 15 is 0 Å². The molecule has 2 N–H and O–H groups in total. The van der Waals surface area contributed by atoms with E-state index in [0.29, 0.717) is 22.3 Å². The number of rotatable bonds is 6. The minimum atomic E-state index is 0. The van der Waals surface area contributed by atoms with Crippen molar-refractivity contribution in [1.82, 2.24) is 0 Å². The smallest absolute Gasteiger partial charge is 0.0577 e. The summed E-state index contributed by atoms with van der Waals surface area (Å²) in [6, 6.07) is 0. The van der Waals surface area contributed by atoms with Crippen LogP contribution in [0.15, 0.2) is 0 Å². The fourth-order valence-corrected chi connectivity index (χ4v) is 9.31. The van der Waals surface area contributed by atoms with Crippen molar-refractivity contribution in [2.45, 2.75) is 144 Å². The van der Waals surface area contributed by atoms with Crippen molar-refractivity contribution in [2.24, 2.45) is 45.8 Å². The van der Waals surface area contributed by atoms with Gasteiger partial charge in [0.1, 0.15) is 0 Å². The average molecular weight is 471 g/mol. The topological polar surface area (TPSA) is 40.7 Å². The number of methoxy groups -OCH3 is 1. The van der Waals surface area contributed by atoms with E-state index < -0.39 is 0 Å². The molecule has 4 saturated carbocycles. The Morgan fingerprint density at radius 3 is 2.21 bits per heavy atom. The SMILES string of the molecule is CCC.COC1CC[C@]2(C)C3CC[C@]4(C)C(CCCCC(C)C)CCC4[C@@H]3CC[C@]2(C)C1.O.[HH].[HH].[HH]. The van der Waals surface area contributed by atoms with Crippen molar-refractivity contribution in [1.29, 1.82) is 0 Å². The highest BCUT2D eigenvalue weighted by molar-refractivity contribution is 5.12. The second kappa shape index (κ2) is 11.8. The number of fused-ring (bicyclic) bond motifs is 5. The molecule has 0 radical (unpaired) electrons. The van der Waals surface area contributed by atoms with Crippen molar-refractivity contribution in [3.05, 3.63) is 0 Å². The van der Waals surface area contributed by atoms with Gasteiger partial charge < -0.3 is 10.2 Å². The first-order valence-electron chi connectivity index (χ1n) is 14.7. The Hall–Kier alpha value is -0.0800. The van der Waals surface area contributed by atoms with E-state index in [0.717, 1.165) is 29.6 Å². The predicted octanol–water partition coefficient (Wildman–Crippen LogP) is 9.60. The summed E-state index contributed by atoms with van der Waals surface area (Å²) in [6.07, 6.45) is 20.7. The van der Waals surface area contributed by atoms with Gasteiger partial charge in [-0.25, -0.2) is 0 Å². The van der Waals surface area contributed by atoms with E-state index in [4.69, 9.17) is 4.74 Å². The van der Waals surface area contributed by atoms with Crippen LogP contribution in [-0.4, -0.2) is 18.7 Å². The van der Waals surface area contributed by atoms with Gasteiger partial charge in [0.15, 0.2) is 0 Å². The molecule has 4 unspecified atom stereocenters. The number of ether oxygens (including phenoxy) is 1. The van der Waals surface area contributed by atoms with E-state index in [1.807, 2.05) is 7.11 Å². The lowest BCUT2D eigenvalue weighted by molar-refractivity contribution is -0.173. The molecule has 0 spiro atoms. The molecule has 0 amide bonds. The van der Waals surface area contributed by atoms with Crippen molar-refractivity contribution in [3.8, 4) is 0 Å². The molecule has 33 heavy (non-hydrogen) atoms. The van der Waals surface area contributed by atoms with Gasteiger partial charge in [-0.2, -0.15) is 0 Å². The molecule has 4 fully saturated rings. The van der Waals surface area contributed by atoms with E-state index in [9.17, 15) is 0 Å². The summed E-state index contributed by atoms with van der Waals surface area (Å²) < 4.78 is 5.85. The molecule has 4 aliphatic rings. The lowest BCUT2D eigenvalue weighted by Crippen LogP contribution is -2.58. The first-order chi connectivity index (χ1) is 15.1. The largest absolute Gasteiger partial charge is 0.412 e. The molecule has 0 saturated heterocycles. The molecule has 8 atom stereocenters. The van der Waals surface area contributed by atoms with Gasteiger partial charge in [0.2, 0.25) is 0 Å². The molecule has 0 aromatic carbocycles. The van der Waals surface area contributed by atoms with E-state index in [1.54, 1.807) is 6.42 Å². The zero-order chi connectivity index (χ0) is 23.6. The van der Waals surface area contributed by atoms with Gasteiger partial charge in [-0.15, -0.1) is 0 Å². The molecule has 4 aliphatic carbocycles. The third-order valence-electron chi connectivity index (χ3n) is 11.4. The Labute approximate surface area is 212 Å². The monoisotopic (exact) mass is 471 g/mol. The van der Waals surface area contributed by atoms with Crippen LogP contribution in [0.5, 0.6) is 0 Å². The summed E-state index contributed by atoms with van der Waals surface area (Å²) in [5, 5.41) is 0. The standard InChI is InChI=1S/C28H50O.C3H8.H2O.3H2/c1-20(2)9-7-8-10-21-11-12-24-23-14-16-26(3)19-22(29-6)13-18-28(26,5)25(23)15-17-27(21,24)4;1-3-2;;;;/h20-25H,7-19H2,1-6H3;3H2,1-2H3;1H2;3*1H/t21?,22?,23-,24?,25?,26+,27+,28+;;;;;/m0...../s1. The molecule has 0 aliphatic heterocycles. The zero-order valence-electron chi connectivity index (χ0n) is 23.8. The highest BCUT2D eigenvalue weighted by atomic mass is 16.5. The summed E-state index contributed by atoms with van der Waals surface area (Å²) in [4.78, 5) is 0. The molecule has 2 nitrogen and oxygen atoms in total. The van der Waals surface area contributed by atoms with Crippen LogP contribution in [0.4, 0.5) is 0 Å². The minimum absolute atomic E-state index is 0. The summed E-state index contributed by atoms with van der Waals surface area (Å²) in [5.41, 5.74) is 1.73. The molecular weight excluding hydrogens is 404 g/mol. The molecular formula is C31H66O2. The number of hydrogen-bond acceptors (Lipinski definition) is 1. The van der Waals surface area contributed by atoms with Crippen LogP contribution in [0.2, 0.25) is 0 Å². The summed E-state index contributed by atoms with van der Waals surface area (Å²) >= 11 is 0. The summed E-state index contributed by atoms with van der Waals surface area (Å²) in [6.45, 7) is 17.1. The van der Waals surface area contributed by atoms with Crippen molar-refractivity contribution in [2.75, 3.05) is 7.11 Å². The van der Waals surface area contributed by atoms with Crippen molar-refractivity contribution in [3.63, 3.8) is 0 Å². The second-order valence-corrected chi connectivity index (χ2v) is 13.7. The molecule has 202 valence electrons. The zero-order valence-corrected chi connectivity index (χ0v) is 23.8. The Morgan fingerprint density at radius 1 is 0.879 bits per heavy atom. The van der Waals surface area contributed by atoms with Crippen LogP contribution in [0.25, 0.3) is 0 Å². The van der Waals surface area contributed by atoms with Crippen molar-refractivity contribution < 1.29 is 14.5 Å². The van der Waals surface area contributed by atoms with Gasteiger partial charge in [0.25, 0.3) is 0 Å². The Balaban J connectivity index is 0. The van der Waals surface area contributed by atoms with Crippen LogP contribution in [0, 0.1) is 45.8 Å². The Morgan fingerprint density at radius 2 is 1.58 bits per heavy atom. The number of hydrogen-bond donors (Lipinski definition) is 0. The second-order valence-electron chi connectivity index (χ2n) is 13.7. The molecule has 0 heterocycles. The minimum Gasteiger partial charge on any atom is -0.412 e. The van der Waals surface area contributed by atoms with Crippen molar-refractivity contribution >= 4 is 0 Å². The van der Waals surface area contributed by atoms with Crippen LogP contribution < -0.4 is 0 Å². The van der Waals surface area contributed by atoms with Gasteiger partial charge in [-0.3, -0.25) is 0 Å². The highest BCUT2D eigenvalue weighted by Gasteiger charge is 2.63. The lowest BCUT2D eigenvalue weighted by Gasteiger charge is -2.65. The van der Waals surface area contributed by atoms with E-state index in [1.165, 1.54) is 83.5 Å². The van der Waals surface area contributed by atoms with Crippen LogP contribution in [-0.2, 0) is 4.74 Å². The molecule has 2 heteroatoms. The van der Waals surface area contributed by atoms with E-state index in [2.05, 4.69) is 48.5 Å². The molecule has 0 aromatic rings. The van der Waals surface area contributed by atoms with Gasteiger partial charge >= 0.3 is 0 Å². The van der Waals surface area contributed by atoms with Gasteiger partial charge in [-0.05, 0) is 110 Å². The summed E-state index contributed by atoms with van der Waals surface area (Å²) in [5.74, 6) is 4.93. The fraction of sp³-hybridized carbons (Fsp3) is 1.00. The van der Waals surface area contributed by atoms with E-state index in [-0.39, 0.29) is 9.76 Å². The quantitative estimate of drug-likeness (QED) is 0.356. The summed E-state index contributed by atoms with van der Waals surface area (Å²) in [7, 11) is 1.94. The normalized spacial score (nSPS) is 44.1. The molecule has 4 rings (SSSR count). The maximum atomic E-state index is 5.85. The number of unbranched alkanes of at least 4 members (excludes halogenated alkanes) is 1. The first kappa shape index (κ1) is 29.2. The lowest BCUT2D eigenvalue weighted by atomic mass is 9.40. The highest BCUT2D eigenvalue weighted by Crippen LogP contribution is 2.71. The third-order valence-corrected chi connectivity index (χ3v) is 11.4. The van der Waals surface area contributed by atoms with Crippen LogP contribution in [0.3, 0.4) is 0 Å². The molecule has 0 aromatic heterocycles. The predicted molar refractivity (Wildman–Crippen MR) is 150 cm³/mol. The maximum Gasteiger partial charge on any atom is 0.0577 e. The maximum absolute atomic E-state index is 5.85. The van der Waals surface area contributed by atoms with Crippen LogP contribution in [0.1, 0.15) is 143 Å². The van der Waals surface area contributed by atoms with Gasteiger partial charge in [0.05, 0.1) is 6.10 Å². The van der Waals surface area contributed by atoms with Crippen LogP contribution >= 0.6 is 0 Å². The van der Waals surface area contributed by atoms with Gasteiger partial charge in [0, 0.05) is 11.4 Å². The average Bonchev–Trinajstić information content (AvgIpc) is 3.08. The Kier molecular flexibility index (Phi) is 10.4. The molecule has 0 bridgehead atoms. The Bertz CT molecular complexity index is 602. The fourth-order valence-electron chi connectivity index (χ4n) is 9.31. The first-order valence-corrected chi connectivity index (χ1v) is 14.7.